The number of fused-ring (bicyclic) bond motifs is 6. The summed E-state index contributed by atoms with van der Waals surface area (Å²) in [6.07, 6.45) is -12.6. The largest absolute Gasteiger partial charge is 3.00 e. The minimum absolute atomic E-state index is 0. The molecule has 14 nitrogen and oxygen atoms in total. The number of aromatic nitrogens is 2. The van der Waals surface area contributed by atoms with Crippen LogP contribution in [-0.4, -0.2) is 88.5 Å². The van der Waals surface area contributed by atoms with Gasteiger partial charge in [0.25, 0.3) is 0 Å². The average molecular weight is 1190 g/mol. The Morgan fingerprint density at radius 3 is 0.893 bits per heavy atom. The van der Waals surface area contributed by atoms with Crippen LogP contribution in [0.25, 0.3) is 21.8 Å². The standard InChI is InChI=1S/3C13H11F3O4.C12H8N2.Nd/c3*1-19-9-4-6-3-8(12(18)13(14,15)16)11(17)7(6)5-10(9)20-2;1-3-9-5-6-10-4-2-8-14-12(10)11(9)13-7-1;/h3*4-5,18H,3H2,1-2H3;1-8H;/q;;;;+3/p-3/b3*12-8-;;. The van der Waals surface area contributed by atoms with Gasteiger partial charge in [0.05, 0.1) is 53.7 Å². The maximum Gasteiger partial charge on any atom is 3.00 e. The van der Waals surface area contributed by atoms with Crippen LogP contribution in [0, 0.1) is 40.8 Å². The van der Waals surface area contributed by atoms with Crippen molar-refractivity contribution in [3.8, 4) is 34.5 Å². The van der Waals surface area contributed by atoms with E-state index in [-0.39, 0.29) is 94.0 Å². The number of allylic oxidation sites excluding steroid dienone is 6. The zero-order valence-electron chi connectivity index (χ0n) is 39.9. The normalized spacial score (nSPS) is 15.6. The molecule has 4 aromatic carbocycles. The summed E-state index contributed by atoms with van der Waals surface area (Å²) in [5.41, 5.74) is 0.700. The van der Waals surface area contributed by atoms with E-state index in [0.717, 1.165) is 21.8 Å². The molecular formula is C51H38F9N2NdO12. The molecule has 1 radical (unpaired) electrons. The first-order chi connectivity index (χ1) is 34.8. The molecule has 0 fully saturated rings. The van der Waals surface area contributed by atoms with E-state index in [4.69, 9.17) is 28.4 Å². The van der Waals surface area contributed by atoms with Crippen molar-refractivity contribution in [2.24, 2.45) is 0 Å². The molecule has 0 unspecified atom stereocenters. The van der Waals surface area contributed by atoms with E-state index in [0.29, 0.717) is 33.9 Å². The summed E-state index contributed by atoms with van der Waals surface area (Å²) >= 11 is 0. The first kappa shape index (κ1) is 58.7. The van der Waals surface area contributed by atoms with Crippen LogP contribution in [0.2, 0.25) is 0 Å². The fraction of sp³-hybridized carbons (Fsp3) is 0.235. The maximum atomic E-state index is 12.4. The molecule has 0 saturated carbocycles. The Bertz CT molecular complexity index is 2990. The molecule has 0 atom stereocenters. The summed E-state index contributed by atoms with van der Waals surface area (Å²) < 4.78 is 142. The van der Waals surface area contributed by atoms with Gasteiger partial charge in [-0.3, -0.25) is 24.4 Å². The molecule has 0 amide bonds. The number of hydrogen-bond acceptors (Lipinski definition) is 14. The molecule has 3 aliphatic carbocycles. The van der Waals surface area contributed by atoms with Gasteiger partial charge in [0.2, 0.25) is 0 Å². The molecule has 3 aliphatic rings. The van der Waals surface area contributed by atoms with Crippen molar-refractivity contribution >= 4 is 39.2 Å². The van der Waals surface area contributed by atoms with Crippen LogP contribution in [0.15, 0.2) is 119 Å². The third kappa shape index (κ3) is 12.5. The van der Waals surface area contributed by atoms with Crippen LogP contribution in [0.3, 0.4) is 0 Å². The second-order valence-electron chi connectivity index (χ2n) is 15.7. The average Bonchev–Trinajstić information content (AvgIpc) is 4.01. The van der Waals surface area contributed by atoms with Gasteiger partial charge in [0.15, 0.2) is 51.8 Å². The summed E-state index contributed by atoms with van der Waals surface area (Å²) in [5.74, 6) is -7.50. The van der Waals surface area contributed by atoms with Crippen molar-refractivity contribution in [1.82, 2.24) is 9.97 Å². The number of carbonyl (C=O) groups excluding carboxylic acids is 3. The zero-order valence-corrected chi connectivity index (χ0v) is 43.1. The Morgan fingerprint density at radius 1 is 0.427 bits per heavy atom. The minimum atomic E-state index is -5.05. The van der Waals surface area contributed by atoms with Crippen LogP contribution < -0.4 is 43.7 Å². The number of pyridine rings is 2. The van der Waals surface area contributed by atoms with Gasteiger partial charge in [-0.2, -0.15) is 39.5 Å². The molecule has 2 heterocycles. The summed E-state index contributed by atoms with van der Waals surface area (Å²) in [4.78, 5) is 44.4. The predicted octanol–water partition coefficient (Wildman–Crippen LogP) is 7.64. The first-order valence-electron chi connectivity index (χ1n) is 21.2. The topological polar surface area (TPSA) is 202 Å². The van der Waals surface area contributed by atoms with Crippen molar-refractivity contribution in [3.63, 3.8) is 0 Å². The molecule has 0 spiro atoms. The number of ether oxygens (including phenoxy) is 6. The quantitative estimate of drug-likeness (QED) is 0.0682. The number of rotatable bonds is 6. The van der Waals surface area contributed by atoms with Gasteiger partial charge >= 0.3 is 59.4 Å². The predicted molar refractivity (Wildman–Crippen MR) is 239 cm³/mol. The van der Waals surface area contributed by atoms with E-state index < -0.39 is 69.9 Å². The molecule has 75 heavy (non-hydrogen) atoms. The number of alkyl halides is 9. The van der Waals surface area contributed by atoms with E-state index >= 15 is 0 Å². The maximum absolute atomic E-state index is 12.4. The van der Waals surface area contributed by atoms with Gasteiger partial charge in [-0.15, -0.1) is 0 Å². The van der Waals surface area contributed by atoms with Crippen molar-refractivity contribution in [2.45, 2.75) is 37.8 Å². The van der Waals surface area contributed by atoms with Crippen molar-refractivity contribution in [3.05, 3.63) is 153 Å². The van der Waals surface area contributed by atoms with Crippen LogP contribution in [0.4, 0.5) is 39.5 Å². The fourth-order valence-corrected chi connectivity index (χ4v) is 7.88. The molecule has 0 aliphatic heterocycles. The van der Waals surface area contributed by atoms with Crippen LogP contribution in [0.5, 0.6) is 34.5 Å². The van der Waals surface area contributed by atoms with Crippen LogP contribution >= 0.6 is 0 Å². The Kier molecular flexibility index (Phi) is 18.5. The van der Waals surface area contributed by atoms with E-state index in [1.807, 2.05) is 12.1 Å². The summed E-state index contributed by atoms with van der Waals surface area (Å²) in [6.45, 7) is 0. The summed E-state index contributed by atoms with van der Waals surface area (Å²) in [6, 6.07) is 20.2. The Balaban J connectivity index is 0.000000185. The molecular weight excluding hydrogens is 1150 g/mol. The van der Waals surface area contributed by atoms with Gasteiger partial charge < -0.3 is 43.7 Å². The summed E-state index contributed by atoms with van der Waals surface area (Å²) in [7, 11) is 8.13. The Hall–Kier alpha value is -7.15. The van der Waals surface area contributed by atoms with Crippen LogP contribution in [0.1, 0.15) is 47.8 Å². The molecule has 0 N–H and O–H groups in total. The third-order valence-corrected chi connectivity index (χ3v) is 11.4. The van der Waals surface area contributed by atoms with Crippen molar-refractivity contribution in [1.29, 1.82) is 0 Å². The molecule has 6 aromatic rings. The molecule has 391 valence electrons. The van der Waals surface area contributed by atoms with Crippen LogP contribution in [-0.2, 0) is 19.3 Å². The van der Waals surface area contributed by atoms with Gasteiger partial charge in [-0.25, -0.2) is 0 Å². The van der Waals surface area contributed by atoms with Gasteiger partial charge in [0, 0.05) is 75.8 Å². The first-order valence-corrected chi connectivity index (χ1v) is 21.2. The molecule has 24 heteroatoms. The monoisotopic (exact) mass is 1180 g/mol. The fourth-order valence-electron chi connectivity index (χ4n) is 7.88. The number of carbonyl (C=O) groups is 3. The molecule has 0 bridgehead atoms. The molecule has 9 rings (SSSR count). The summed E-state index contributed by atoms with van der Waals surface area (Å²) in [5, 5.41) is 35.9. The van der Waals surface area contributed by atoms with E-state index in [2.05, 4.69) is 34.2 Å². The number of Topliss-reactive ketones (excluding diaryl/α,β-unsaturated/α-hetero) is 3. The second kappa shape index (κ2) is 23.6. The van der Waals surface area contributed by atoms with Crippen molar-refractivity contribution in [2.75, 3.05) is 42.7 Å². The molecule has 2 aromatic heterocycles. The number of nitrogens with zero attached hydrogens (tertiary/aromatic N) is 2. The molecule has 0 saturated heterocycles. The third-order valence-electron chi connectivity index (χ3n) is 11.4. The number of ketones is 3. The van der Waals surface area contributed by atoms with Crippen molar-refractivity contribution < 1.29 is 138 Å². The van der Waals surface area contributed by atoms with Gasteiger partial charge in [-0.1, -0.05) is 24.3 Å². The second-order valence-corrected chi connectivity index (χ2v) is 15.7. The van der Waals surface area contributed by atoms with E-state index in [1.54, 1.807) is 12.4 Å². The van der Waals surface area contributed by atoms with Gasteiger partial charge in [0.1, 0.15) is 0 Å². The number of hydrogen-bond donors (Lipinski definition) is 0. The van der Waals surface area contributed by atoms with Gasteiger partial charge in [-0.05, 0) is 82.5 Å². The number of methoxy groups -OCH3 is 6. The number of halogens is 9. The number of benzene rings is 4. The minimum Gasteiger partial charge on any atom is -0.869 e. The smallest absolute Gasteiger partial charge is 0.869 e. The van der Waals surface area contributed by atoms with E-state index in [1.165, 1.54) is 79.1 Å². The van der Waals surface area contributed by atoms with E-state index in [9.17, 15) is 69.2 Å². The SMILES string of the molecule is COc1cc2c(cc1OC)C(=O)/C(=C(\[O-])C(F)(F)F)C2.COc1cc2c(cc1OC)C(=O)/C(=C(\[O-])C(F)(F)F)C2.COc1cc2c(cc1OC)C(=O)/C(=C(\[O-])C(F)(F)F)C2.[Nd+3].c1cnc2c(c1)ccc1cccnc12. The Labute approximate surface area is 452 Å². The zero-order chi connectivity index (χ0) is 54.6. The Morgan fingerprint density at radius 2 is 0.667 bits per heavy atom.